The van der Waals surface area contributed by atoms with Gasteiger partial charge in [0.1, 0.15) is 0 Å². The Kier molecular flexibility index (Phi) is 5.77. The summed E-state index contributed by atoms with van der Waals surface area (Å²) in [5, 5.41) is 0. The third-order valence-corrected chi connectivity index (χ3v) is 24.4. The SMILES string of the molecule is O=c1n(-c2ccccc2)c(=O)n2n1[C@@H]1CCC[C@H]2[CH]1[Sn]([c]1ccccc1)([c]1ccccc1)[c]1ccccc1. The number of benzene rings is 4. The number of fused-ring (bicyclic) bond motifs is 5. The molecule has 1 aliphatic carbocycles. The normalized spacial score (nSPS) is 20.3. The second kappa shape index (κ2) is 9.31. The molecule has 4 aromatic carbocycles. The van der Waals surface area contributed by atoms with Gasteiger partial charge in [-0.25, -0.2) is 0 Å². The molecule has 0 saturated heterocycles. The molecule has 1 aromatic heterocycles. The summed E-state index contributed by atoms with van der Waals surface area (Å²) in [6.45, 7) is 0. The van der Waals surface area contributed by atoms with E-state index in [4.69, 9.17) is 0 Å². The van der Waals surface area contributed by atoms with Gasteiger partial charge in [0.25, 0.3) is 0 Å². The minimum atomic E-state index is -3.84. The maximum atomic E-state index is 14.0. The summed E-state index contributed by atoms with van der Waals surface area (Å²) in [5.74, 6) is 0. The van der Waals surface area contributed by atoms with Crippen LogP contribution in [0.1, 0.15) is 31.3 Å². The third-order valence-electron chi connectivity index (χ3n) is 8.67. The van der Waals surface area contributed by atoms with Crippen LogP contribution in [-0.2, 0) is 0 Å². The van der Waals surface area contributed by atoms with Gasteiger partial charge in [-0.3, -0.25) is 0 Å². The number of hydrogen-bond acceptors (Lipinski definition) is 2. The van der Waals surface area contributed by atoms with E-state index < -0.39 is 18.4 Å². The molecule has 3 atom stereocenters. The molecule has 0 spiro atoms. The van der Waals surface area contributed by atoms with Crippen molar-refractivity contribution in [3.63, 3.8) is 0 Å². The first-order valence-corrected chi connectivity index (χ1v) is 19.3. The van der Waals surface area contributed by atoms with Gasteiger partial charge in [-0.05, 0) is 0 Å². The molecular formula is C32H29N3O2Sn. The van der Waals surface area contributed by atoms with E-state index in [0.29, 0.717) is 5.69 Å². The molecule has 1 unspecified atom stereocenters. The Morgan fingerprint density at radius 3 is 1.29 bits per heavy atom. The van der Waals surface area contributed by atoms with Crippen molar-refractivity contribution in [2.24, 2.45) is 0 Å². The van der Waals surface area contributed by atoms with E-state index in [1.807, 2.05) is 39.7 Å². The summed E-state index contributed by atoms with van der Waals surface area (Å²) in [4.78, 5) is 28.1. The van der Waals surface area contributed by atoms with Gasteiger partial charge < -0.3 is 0 Å². The van der Waals surface area contributed by atoms with E-state index in [2.05, 4.69) is 91.0 Å². The molecule has 7 rings (SSSR count). The Bertz CT molecular complexity index is 1550. The maximum absolute atomic E-state index is 14.0. The molecule has 2 bridgehead atoms. The summed E-state index contributed by atoms with van der Waals surface area (Å²) < 4.78 is 9.44. The molecular weight excluding hydrogens is 577 g/mol. The Morgan fingerprint density at radius 2 is 0.895 bits per heavy atom. The first-order valence-electron chi connectivity index (χ1n) is 13.4. The zero-order valence-electron chi connectivity index (χ0n) is 21.1. The fourth-order valence-electron chi connectivity index (χ4n) is 7.33. The second-order valence-corrected chi connectivity index (χ2v) is 21.9. The van der Waals surface area contributed by atoms with E-state index in [1.54, 1.807) is 0 Å². The summed E-state index contributed by atoms with van der Waals surface area (Å²) in [6.07, 6.45) is 2.83. The van der Waals surface area contributed by atoms with Crippen molar-refractivity contribution in [1.82, 2.24) is 13.9 Å². The van der Waals surface area contributed by atoms with Crippen LogP contribution in [0.25, 0.3) is 5.69 Å². The summed E-state index contributed by atoms with van der Waals surface area (Å²) in [5.41, 5.74) is 0.209. The van der Waals surface area contributed by atoms with Crippen molar-refractivity contribution in [2.75, 3.05) is 0 Å². The monoisotopic (exact) mass is 607 g/mol. The second-order valence-electron chi connectivity index (χ2n) is 10.4. The molecule has 5 aromatic rings. The van der Waals surface area contributed by atoms with Crippen LogP contribution in [-0.4, -0.2) is 32.3 Å². The van der Waals surface area contributed by atoms with E-state index in [9.17, 15) is 9.59 Å². The van der Waals surface area contributed by atoms with E-state index in [0.717, 1.165) is 19.3 Å². The fourth-order valence-corrected chi connectivity index (χ4v) is 24.7. The first-order chi connectivity index (χ1) is 18.7. The van der Waals surface area contributed by atoms with Gasteiger partial charge in [-0.2, -0.15) is 0 Å². The van der Waals surface area contributed by atoms with E-state index in [1.165, 1.54) is 15.3 Å². The predicted octanol–water partition coefficient (Wildman–Crippen LogP) is 3.62. The van der Waals surface area contributed by atoms with Crippen LogP contribution < -0.4 is 22.1 Å². The van der Waals surface area contributed by atoms with Crippen LogP contribution >= 0.6 is 0 Å². The van der Waals surface area contributed by atoms with Gasteiger partial charge >= 0.3 is 226 Å². The van der Waals surface area contributed by atoms with Crippen molar-refractivity contribution >= 4 is 29.1 Å². The predicted molar refractivity (Wildman–Crippen MR) is 154 cm³/mol. The van der Waals surface area contributed by atoms with Crippen LogP contribution in [0.4, 0.5) is 0 Å². The average molecular weight is 606 g/mol. The number of para-hydroxylation sites is 1. The number of nitrogens with zero attached hydrogens (tertiary/aromatic N) is 3. The molecule has 6 heteroatoms. The van der Waals surface area contributed by atoms with Crippen molar-refractivity contribution in [2.45, 2.75) is 35.3 Å². The molecule has 1 aliphatic heterocycles. The van der Waals surface area contributed by atoms with Gasteiger partial charge in [-0.1, -0.05) is 0 Å². The standard InChI is InChI=1S/C14H14N3O2.3C6H5.Sn/c18-13-15(10-5-2-1-3-6-10)14(19)17-12-8-4-7-11(9-12)16(13)17;3*1-2-4-6-5-3-1;/h1-3,5-6,9,11-12H,4,7-8H2;3*1-5H;/t11-,12+;;;;. The third kappa shape index (κ3) is 3.30. The zero-order chi connectivity index (χ0) is 25.7. The Hall–Kier alpha value is -3.58. The van der Waals surface area contributed by atoms with Gasteiger partial charge in [0.15, 0.2) is 0 Å². The quantitative estimate of drug-likeness (QED) is 0.287. The van der Waals surface area contributed by atoms with Crippen LogP contribution in [0, 0.1) is 0 Å². The van der Waals surface area contributed by atoms with Crippen molar-refractivity contribution in [3.05, 3.63) is 142 Å². The molecule has 188 valence electrons. The van der Waals surface area contributed by atoms with Gasteiger partial charge in [0.05, 0.1) is 0 Å². The zero-order valence-corrected chi connectivity index (χ0v) is 23.9. The molecule has 2 heterocycles. The summed E-state index contributed by atoms with van der Waals surface area (Å²) >= 11 is -3.84. The molecule has 38 heavy (non-hydrogen) atoms. The molecule has 0 radical (unpaired) electrons. The molecule has 2 aliphatic rings. The van der Waals surface area contributed by atoms with E-state index in [-0.39, 0.29) is 27.4 Å². The number of aromatic nitrogens is 3. The summed E-state index contributed by atoms with van der Waals surface area (Å²) in [7, 11) is 0. The van der Waals surface area contributed by atoms with Crippen LogP contribution in [0.2, 0.25) is 3.93 Å². The molecule has 1 fully saturated rings. The minimum absolute atomic E-state index is 0.0182. The number of rotatable bonds is 5. The molecule has 5 nitrogen and oxygen atoms in total. The van der Waals surface area contributed by atoms with E-state index >= 15 is 0 Å². The van der Waals surface area contributed by atoms with Crippen LogP contribution in [0.3, 0.4) is 0 Å². The fraction of sp³-hybridized carbons (Fsp3) is 0.188. The molecule has 0 N–H and O–H groups in total. The summed E-state index contributed by atoms with van der Waals surface area (Å²) in [6, 6.07) is 42.2. The van der Waals surface area contributed by atoms with Crippen molar-refractivity contribution < 1.29 is 0 Å². The molecule has 1 saturated carbocycles. The topological polar surface area (TPSA) is 48.9 Å². The van der Waals surface area contributed by atoms with Gasteiger partial charge in [-0.15, -0.1) is 0 Å². The van der Waals surface area contributed by atoms with Crippen LogP contribution in [0.5, 0.6) is 0 Å². The Labute approximate surface area is 225 Å². The van der Waals surface area contributed by atoms with Gasteiger partial charge in [0, 0.05) is 0 Å². The van der Waals surface area contributed by atoms with Crippen LogP contribution in [0.15, 0.2) is 131 Å². The molecule has 0 amide bonds. The Balaban J connectivity index is 1.53. The van der Waals surface area contributed by atoms with Gasteiger partial charge in [0.2, 0.25) is 0 Å². The number of hydrogen-bond donors (Lipinski definition) is 0. The Morgan fingerprint density at radius 1 is 0.526 bits per heavy atom. The van der Waals surface area contributed by atoms with Crippen molar-refractivity contribution in [3.8, 4) is 5.69 Å². The van der Waals surface area contributed by atoms with Crippen molar-refractivity contribution in [1.29, 1.82) is 0 Å². The first kappa shape index (κ1) is 23.5. The average Bonchev–Trinajstić information content (AvgIpc) is 3.35.